The number of ether oxygens (including phenoxy) is 2. The van der Waals surface area contributed by atoms with Crippen LogP contribution < -0.4 is 19.6 Å². The maximum absolute atomic E-state index is 13.6. The monoisotopic (exact) mass is 530 g/mol. The summed E-state index contributed by atoms with van der Waals surface area (Å²) in [4.78, 5) is 31.4. The third-order valence-electron chi connectivity index (χ3n) is 6.04. The summed E-state index contributed by atoms with van der Waals surface area (Å²) < 4.78 is 13.0. The Morgan fingerprint density at radius 3 is 2.43 bits per heavy atom. The van der Waals surface area contributed by atoms with E-state index >= 15 is 0 Å². The second kappa shape index (κ2) is 10.6. The molecule has 6 nitrogen and oxygen atoms in total. The third kappa shape index (κ3) is 5.14. The molecule has 3 aromatic carbocycles. The first-order chi connectivity index (χ1) is 17.9. The third-order valence-corrected chi connectivity index (χ3v) is 7.27. The second-order valence-corrected chi connectivity index (χ2v) is 9.91. The van der Waals surface area contributed by atoms with Gasteiger partial charge in [-0.25, -0.2) is 9.79 Å². The number of carbonyl (C=O) groups excluding carboxylic acids is 1. The number of aromatic nitrogens is 1. The van der Waals surface area contributed by atoms with E-state index in [4.69, 9.17) is 21.1 Å². The Morgan fingerprint density at radius 2 is 1.76 bits per heavy atom. The van der Waals surface area contributed by atoms with Gasteiger partial charge in [0.25, 0.3) is 5.56 Å². The topological polar surface area (TPSA) is 69.9 Å². The number of hydrogen-bond acceptors (Lipinski definition) is 6. The Hall–Kier alpha value is -3.94. The minimum Gasteiger partial charge on any atom is -0.489 e. The Kier molecular flexibility index (Phi) is 7.08. The average molecular weight is 531 g/mol. The van der Waals surface area contributed by atoms with Crippen molar-refractivity contribution in [3.8, 4) is 5.75 Å². The Balaban J connectivity index is 1.47. The lowest BCUT2D eigenvalue weighted by molar-refractivity contribution is -0.136. The normalized spacial score (nSPS) is 15.2. The molecule has 0 fully saturated rings. The maximum atomic E-state index is 13.6. The summed E-state index contributed by atoms with van der Waals surface area (Å²) in [5.74, 6) is 0.217. The largest absolute Gasteiger partial charge is 0.489 e. The molecular weight excluding hydrogens is 508 g/mol. The van der Waals surface area contributed by atoms with Gasteiger partial charge in [0, 0.05) is 5.02 Å². The lowest BCUT2D eigenvalue weighted by atomic mass is 9.96. The van der Waals surface area contributed by atoms with Crippen LogP contribution in [0.5, 0.6) is 5.75 Å². The summed E-state index contributed by atoms with van der Waals surface area (Å²) in [5, 5.41) is 0.685. The predicted molar refractivity (Wildman–Crippen MR) is 144 cm³/mol. The molecule has 186 valence electrons. The van der Waals surface area contributed by atoms with Crippen molar-refractivity contribution in [3.63, 3.8) is 0 Å². The van der Waals surface area contributed by atoms with Gasteiger partial charge in [0.15, 0.2) is 4.80 Å². The number of hydrogen-bond donors (Lipinski definition) is 0. The summed E-state index contributed by atoms with van der Waals surface area (Å²) >= 11 is 7.23. The van der Waals surface area contributed by atoms with Gasteiger partial charge in [-0.15, -0.1) is 0 Å². The number of halogens is 1. The summed E-state index contributed by atoms with van der Waals surface area (Å²) in [5.41, 5.74) is 3.36. The molecule has 1 atom stereocenters. The van der Waals surface area contributed by atoms with Gasteiger partial charge in [-0.2, -0.15) is 0 Å². The highest BCUT2D eigenvalue weighted by Gasteiger charge is 2.32. The van der Waals surface area contributed by atoms with Crippen molar-refractivity contribution >= 4 is 35.0 Å². The zero-order chi connectivity index (χ0) is 25.9. The molecule has 0 aliphatic carbocycles. The summed E-state index contributed by atoms with van der Waals surface area (Å²) in [6.45, 7) is 2.19. The molecule has 8 heteroatoms. The van der Waals surface area contributed by atoms with Gasteiger partial charge in [0.05, 0.1) is 29.0 Å². The molecule has 1 aliphatic rings. The average Bonchev–Trinajstić information content (AvgIpc) is 3.22. The van der Waals surface area contributed by atoms with E-state index in [0.29, 0.717) is 32.2 Å². The number of benzene rings is 3. The van der Waals surface area contributed by atoms with Crippen LogP contribution in [0.1, 0.15) is 29.7 Å². The van der Waals surface area contributed by atoms with Crippen LogP contribution in [0.15, 0.2) is 99.9 Å². The minimum absolute atomic E-state index is 0.213. The van der Waals surface area contributed by atoms with Gasteiger partial charge in [-0.1, -0.05) is 77.5 Å². The van der Waals surface area contributed by atoms with Crippen molar-refractivity contribution in [1.29, 1.82) is 0 Å². The highest BCUT2D eigenvalue weighted by atomic mass is 35.5. The quantitative estimate of drug-likeness (QED) is 0.341. The molecule has 0 saturated carbocycles. The van der Waals surface area contributed by atoms with Gasteiger partial charge in [0.2, 0.25) is 0 Å². The fourth-order valence-corrected chi connectivity index (χ4v) is 5.37. The number of thiazole rings is 1. The number of methoxy groups -OCH3 is 1. The van der Waals surface area contributed by atoms with Crippen molar-refractivity contribution in [2.24, 2.45) is 4.99 Å². The van der Waals surface area contributed by atoms with Crippen LogP contribution >= 0.6 is 22.9 Å². The molecule has 5 rings (SSSR count). The Morgan fingerprint density at radius 1 is 1.05 bits per heavy atom. The van der Waals surface area contributed by atoms with Gasteiger partial charge in [-0.3, -0.25) is 9.36 Å². The van der Waals surface area contributed by atoms with E-state index in [9.17, 15) is 9.59 Å². The lowest BCUT2D eigenvalue weighted by Gasteiger charge is -2.24. The van der Waals surface area contributed by atoms with E-state index in [-0.39, 0.29) is 5.56 Å². The fraction of sp³-hybridized carbons (Fsp3) is 0.138. The van der Waals surface area contributed by atoms with Crippen LogP contribution in [0.2, 0.25) is 5.02 Å². The van der Waals surface area contributed by atoms with Gasteiger partial charge in [0.1, 0.15) is 12.4 Å². The molecule has 0 bridgehead atoms. The first-order valence-electron chi connectivity index (χ1n) is 11.6. The zero-order valence-corrected chi connectivity index (χ0v) is 21.8. The highest BCUT2D eigenvalue weighted by molar-refractivity contribution is 7.07. The Labute approximate surface area is 222 Å². The number of allylic oxidation sites excluding steroid dienone is 1. The number of rotatable bonds is 6. The van der Waals surface area contributed by atoms with E-state index in [1.165, 1.54) is 18.4 Å². The SMILES string of the molecule is COC(=O)C1=C(C)N=c2s/c(=C\c3ccc(OCc4ccc(Cl)cc4)cc3)c(=O)n2[C@H]1c1ccccc1. The van der Waals surface area contributed by atoms with Crippen LogP contribution in [0.25, 0.3) is 6.08 Å². The molecule has 1 aromatic heterocycles. The number of nitrogens with zero attached hydrogens (tertiary/aromatic N) is 2. The fourth-order valence-electron chi connectivity index (χ4n) is 4.20. The van der Waals surface area contributed by atoms with E-state index in [1.54, 1.807) is 11.5 Å². The molecule has 2 heterocycles. The van der Waals surface area contributed by atoms with Gasteiger partial charge >= 0.3 is 5.97 Å². The van der Waals surface area contributed by atoms with Gasteiger partial charge < -0.3 is 9.47 Å². The van der Waals surface area contributed by atoms with Crippen molar-refractivity contribution in [1.82, 2.24) is 4.57 Å². The summed E-state index contributed by atoms with van der Waals surface area (Å²) in [6.07, 6.45) is 1.83. The van der Waals surface area contributed by atoms with E-state index in [1.807, 2.05) is 84.9 Å². The molecular formula is C29H23ClN2O4S. The van der Waals surface area contributed by atoms with E-state index < -0.39 is 12.0 Å². The number of fused-ring (bicyclic) bond motifs is 1. The van der Waals surface area contributed by atoms with Crippen LogP contribution in [0.3, 0.4) is 0 Å². The molecule has 4 aromatic rings. The van der Waals surface area contributed by atoms with Crippen LogP contribution in [0, 0.1) is 0 Å². The first-order valence-corrected chi connectivity index (χ1v) is 12.8. The van der Waals surface area contributed by atoms with Crippen molar-refractivity contribution in [2.75, 3.05) is 7.11 Å². The highest BCUT2D eigenvalue weighted by Crippen LogP contribution is 2.30. The van der Waals surface area contributed by atoms with Crippen molar-refractivity contribution < 1.29 is 14.3 Å². The standard InChI is InChI=1S/C29H23ClN2O4S/c1-18-25(28(34)35-2)26(21-6-4-3-5-7-21)32-27(33)24(37-29(32)31-18)16-19-10-14-23(15-11-19)36-17-20-8-12-22(30)13-9-20/h3-16,26H,17H2,1-2H3/b24-16-/t26-/m0/s1. The van der Waals surface area contributed by atoms with Crippen molar-refractivity contribution in [2.45, 2.75) is 19.6 Å². The molecule has 1 aliphatic heterocycles. The zero-order valence-electron chi connectivity index (χ0n) is 20.2. The number of esters is 1. The molecule has 37 heavy (non-hydrogen) atoms. The van der Waals surface area contributed by atoms with E-state index in [2.05, 4.69) is 4.99 Å². The van der Waals surface area contributed by atoms with Crippen molar-refractivity contribution in [3.05, 3.63) is 132 Å². The van der Waals surface area contributed by atoms with Gasteiger partial charge in [-0.05, 0) is 54.0 Å². The van der Waals surface area contributed by atoms with Crippen LogP contribution in [-0.2, 0) is 16.1 Å². The Bertz CT molecular complexity index is 1650. The minimum atomic E-state index is -0.615. The maximum Gasteiger partial charge on any atom is 0.338 e. The lowest BCUT2D eigenvalue weighted by Crippen LogP contribution is -2.39. The summed E-state index contributed by atoms with van der Waals surface area (Å²) in [7, 11) is 1.33. The van der Waals surface area contributed by atoms with E-state index in [0.717, 1.165) is 22.4 Å². The predicted octanol–water partition coefficient (Wildman–Crippen LogP) is 4.64. The molecule has 0 saturated heterocycles. The molecule has 0 unspecified atom stereocenters. The first kappa shape index (κ1) is 24.7. The van der Waals surface area contributed by atoms with Crippen LogP contribution in [0.4, 0.5) is 0 Å². The second-order valence-electron chi connectivity index (χ2n) is 8.47. The molecule has 0 amide bonds. The van der Waals surface area contributed by atoms with Crippen LogP contribution in [-0.4, -0.2) is 17.6 Å². The summed E-state index contributed by atoms with van der Waals surface area (Å²) in [6, 6.07) is 23.9. The molecule has 0 N–H and O–H groups in total. The molecule has 0 spiro atoms. The smallest absolute Gasteiger partial charge is 0.338 e. The number of carbonyl (C=O) groups is 1. The molecule has 0 radical (unpaired) electrons.